The molecule has 0 spiro atoms. The Hall–Kier alpha value is -1.49. The third-order valence-electron chi connectivity index (χ3n) is 4.28. The third kappa shape index (κ3) is 4.25. The average Bonchev–Trinajstić information content (AvgIpc) is 3.10. The first-order chi connectivity index (χ1) is 12.4. The highest BCUT2D eigenvalue weighted by Crippen LogP contribution is 2.25. The summed E-state index contributed by atoms with van der Waals surface area (Å²) in [6, 6.07) is 6.12. The van der Waals surface area contributed by atoms with E-state index in [1.54, 1.807) is 12.1 Å². The summed E-state index contributed by atoms with van der Waals surface area (Å²) in [5, 5.41) is 10.9. The molecule has 2 heterocycles. The fraction of sp³-hybridized carbons (Fsp3) is 0.438. The highest BCUT2D eigenvalue weighted by atomic mass is 32.2. The van der Waals surface area contributed by atoms with E-state index < -0.39 is 15.9 Å². The molecule has 26 heavy (non-hydrogen) atoms. The second-order valence-corrected chi connectivity index (χ2v) is 10.1. The average molecular weight is 413 g/mol. The monoisotopic (exact) mass is 412 g/mol. The maximum atomic E-state index is 12.8. The highest BCUT2D eigenvalue weighted by molar-refractivity contribution is 8.00. The van der Waals surface area contributed by atoms with E-state index in [0.29, 0.717) is 24.1 Å². The number of hydrogen-bond donors (Lipinski definition) is 1. The number of hydrogen-bond acceptors (Lipinski definition) is 7. The van der Waals surface area contributed by atoms with E-state index in [1.165, 1.54) is 39.5 Å². The summed E-state index contributed by atoms with van der Waals surface area (Å²) in [4.78, 5) is 12.6. The van der Waals surface area contributed by atoms with Crippen LogP contribution in [0.3, 0.4) is 0 Å². The van der Waals surface area contributed by atoms with E-state index >= 15 is 0 Å². The summed E-state index contributed by atoms with van der Waals surface area (Å²) >= 11 is 2.71. The maximum Gasteiger partial charge on any atom is 0.257 e. The summed E-state index contributed by atoms with van der Waals surface area (Å²) in [6.45, 7) is 3.16. The van der Waals surface area contributed by atoms with Crippen molar-refractivity contribution in [2.75, 3.05) is 24.7 Å². The zero-order valence-electron chi connectivity index (χ0n) is 14.5. The van der Waals surface area contributed by atoms with Gasteiger partial charge in [0.2, 0.25) is 15.2 Å². The molecule has 0 bridgehead atoms. The van der Waals surface area contributed by atoms with Crippen LogP contribution < -0.4 is 5.32 Å². The molecule has 0 radical (unpaired) electrons. The Morgan fingerprint density at radius 2 is 2.04 bits per heavy atom. The van der Waals surface area contributed by atoms with Gasteiger partial charge in [-0.3, -0.25) is 10.1 Å². The molecule has 10 heteroatoms. The van der Waals surface area contributed by atoms with Crippen molar-refractivity contribution >= 4 is 44.2 Å². The number of nitrogens with one attached hydrogen (secondary N) is 1. The van der Waals surface area contributed by atoms with Crippen LogP contribution in [0.4, 0.5) is 5.13 Å². The predicted molar refractivity (Wildman–Crippen MR) is 103 cm³/mol. The molecule has 1 aliphatic rings. The molecule has 0 unspecified atom stereocenters. The first kappa shape index (κ1) is 19.3. The minimum absolute atomic E-state index is 0.141. The Morgan fingerprint density at radius 3 is 2.69 bits per heavy atom. The predicted octanol–water partition coefficient (Wildman–Crippen LogP) is 2.93. The van der Waals surface area contributed by atoms with Crippen molar-refractivity contribution in [3.05, 3.63) is 29.8 Å². The first-order valence-electron chi connectivity index (χ1n) is 8.19. The first-order valence-corrected chi connectivity index (χ1v) is 11.7. The van der Waals surface area contributed by atoms with Crippen molar-refractivity contribution in [1.29, 1.82) is 0 Å². The van der Waals surface area contributed by atoms with Crippen molar-refractivity contribution in [3.63, 3.8) is 0 Å². The summed E-state index contributed by atoms with van der Waals surface area (Å²) in [7, 11) is -3.59. The second kappa shape index (κ2) is 8.03. The molecule has 140 valence electrons. The van der Waals surface area contributed by atoms with E-state index in [9.17, 15) is 13.2 Å². The summed E-state index contributed by atoms with van der Waals surface area (Å²) in [6.07, 6.45) is 3.59. The Bertz CT molecular complexity index is 890. The molecular weight excluding hydrogens is 392 g/mol. The largest absolute Gasteiger partial charge is 0.296 e. The lowest BCUT2D eigenvalue weighted by atomic mass is 10.0. The fourth-order valence-electron chi connectivity index (χ4n) is 2.68. The number of carbonyl (C=O) groups is 1. The Balaban J connectivity index is 1.77. The van der Waals surface area contributed by atoms with Gasteiger partial charge < -0.3 is 0 Å². The SMILES string of the molecule is CSc1nnc(NC(=O)c2cccc(S(=O)(=O)N3CCC(C)CC3)c2)s1. The molecule has 3 rings (SSSR count). The van der Waals surface area contributed by atoms with E-state index in [2.05, 4.69) is 22.4 Å². The second-order valence-electron chi connectivity index (χ2n) is 6.15. The van der Waals surface area contributed by atoms with Crippen LogP contribution in [0.5, 0.6) is 0 Å². The molecule has 1 fully saturated rings. The van der Waals surface area contributed by atoms with E-state index in [-0.39, 0.29) is 10.5 Å². The van der Waals surface area contributed by atoms with Crippen LogP contribution in [0.25, 0.3) is 0 Å². The Labute approximate surface area is 161 Å². The molecule has 1 amide bonds. The quantitative estimate of drug-likeness (QED) is 0.600. The van der Waals surface area contributed by atoms with Crippen LogP contribution in [0, 0.1) is 5.92 Å². The van der Waals surface area contributed by atoms with Crippen molar-refractivity contribution in [2.24, 2.45) is 5.92 Å². The number of amides is 1. The number of carbonyl (C=O) groups excluding carboxylic acids is 1. The molecule has 0 saturated carbocycles. The van der Waals surface area contributed by atoms with Crippen molar-refractivity contribution in [3.8, 4) is 0 Å². The standard InChI is InChI=1S/C16H20N4O3S3/c1-11-6-8-20(9-7-11)26(22,23)13-5-3-4-12(10-13)14(21)17-15-18-19-16(24-2)25-15/h3-5,10-11H,6-9H2,1-2H3,(H,17,18,21). The number of aromatic nitrogens is 2. The summed E-state index contributed by atoms with van der Waals surface area (Å²) in [5.74, 6) is 0.134. The van der Waals surface area contributed by atoms with Crippen LogP contribution in [-0.2, 0) is 10.0 Å². The van der Waals surface area contributed by atoms with Crippen LogP contribution in [0.15, 0.2) is 33.5 Å². The van der Waals surface area contributed by atoms with Gasteiger partial charge in [-0.05, 0) is 43.2 Å². The molecule has 0 aliphatic carbocycles. The molecule has 1 N–H and O–H groups in total. The lowest BCUT2D eigenvalue weighted by Gasteiger charge is -2.29. The van der Waals surface area contributed by atoms with Crippen molar-refractivity contribution in [2.45, 2.75) is 29.0 Å². The maximum absolute atomic E-state index is 12.8. The number of benzene rings is 1. The molecular formula is C16H20N4O3S3. The third-order valence-corrected chi connectivity index (χ3v) is 7.99. The van der Waals surface area contributed by atoms with Gasteiger partial charge in [0.1, 0.15) is 0 Å². The Kier molecular flexibility index (Phi) is 5.96. The van der Waals surface area contributed by atoms with Crippen LogP contribution >= 0.6 is 23.1 Å². The van der Waals surface area contributed by atoms with Gasteiger partial charge in [-0.15, -0.1) is 10.2 Å². The molecule has 1 aromatic heterocycles. The zero-order chi connectivity index (χ0) is 18.7. The van der Waals surface area contributed by atoms with E-state index in [0.717, 1.165) is 17.2 Å². The van der Waals surface area contributed by atoms with Gasteiger partial charge in [-0.25, -0.2) is 8.42 Å². The normalized spacial score (nSPS) is 16.5. The summed E-state index contributed by atoms with van der Waals surface area (Å²) in [5.41, 5.74) is 0.275. The highest BCUT2D eigenvalue weighted by Gasteiger charge is 2.28. The topological polar surface area (TPSA) is 92.3 Å². The Morgan fingerprint density at radius 1 is 1.31 bits per heavy atom. The van der Waals surface area contributed by atoms with Crippen molar-refractivity contribution < 1.29 is 13.2 Å². The lowest BCUT2D eigenvalue weighted by molar-refractivity contribution is 0.102. The van der Waals surface area contributed by atoms with Gasteiger partial charge in [0, 0.05) is 18.7 Å². The number of thioether (sulfide) groups is 1. The van der Waals surface area contributed by atoms with Gasteiger partial charge in [0.05, 0.1) is 4.90 Å². The van der Waals surface area contributed by atoms with Crippen LogP contribution in [-0.4, -0.2) is 48.2 Å². The van der Waals surface area contributed by atoms with Crippen molar-refractivity contribution in [1.82, 2.24) is 14.5 Å². The molecule has 1 aliphatic heterocycles. The molecule has 1 aromatic carbocycles. The smallest absolute Gasteiger partial charge is 0.257 e. The molecule has 2 aromatic rings. The van der Waals surface area contributed by atoms with Gasteiger partial charge in [-0.2, -0.15) is 4.31 Å². The molecule has 0 atom stereocenters. The lowest BCUT2D eigenvalue weighted by Crippen LogP contribution is -2.37. The zero-order valence-corrected chi connectivity index (χ0v) is 17.0. The number of rotatable bonds is 5. The van der Waals surface area contributed by atoms with Gasteiger partial charge in [-0.1, -0.05) is 36.1 Å². The number of piperidine rings is 1. The summed E-state index contributed by atoms with van der Waals surface area (Å²) < 4.78 is 27.9. The van der Waals surface area contributed by atoms with Gasteiger partial charge in [0.25, 0.3) is 5.91 Å². The van der Waals surface area contributed by atoms with Crippen LogP contribution in [0.1, 0.15) is 30.1 Å². The minimum Gasteiger partial charge on any atom is -0.296 e. The number of anilines is 1. The van der Waals surface area contributed by atoms with Gasteiger partial charge >= 0.3 is 0 Å². The van der Waals surface area contributed by atoms with E-state index in [1.807, 2.05) is 6.26 Å². The molecule has 1 saturated heterocycles. The van der Waals surface area contributed by atoms with E-state index in [4.69, 9.17) is 0 Å². The minimum atomic E-state index is -3.59. The fourth-order valence-corrected chi connectivity index (χ4v) is 5.37. The van der Waals surface area contributed by atoms with Gasteiger partial charge in [0.15, 0.2) is 4.34 Å². The molecule has 7 nitrogen and oxygen atoms in total. The number of nitrogens with zero attached hydrogens (tertiary/aromatic N) is 3. The van der Waals surface area contributed by atoms with Crippen LogP contribution in [0.2, 0.25) is 0 Å². The number of sulfonamides is 1.